The first-order valence-corrected chi connectivity index (χ1v) is 9.63. The molecule has 142 valence electrons. The number of nitrogens with one attached hydrogen (secondary N) is 1. The molecule has 1 aromatic heterocycles. The number of amides is 1. The van der Waals surface area contributed by atoms with Crippen LogP contribution in [-0.4, -0.2) is 20.9 Å². The second kappa shape index (κ2) is 7.69. The number of carbonyl (C=O) groups is 1. The number of halogens is 1. The lowest BCUT2D eigenvalue weighted by molar-refractivity contribution is -0.123. The average molecular weight is 385 g/mol. The van der Waals surface area contributed by atoms with Gasteiger partial charge in [-0.1, -0.05) is 57.8 Å². The maximum atomic E-state index is 12.2. The maximum absolute atomic E-state index is 12.2. The number of anilines is 1. The zero-order valence-electron chi connectivity index (χ0n) is 16.2. The third-order valence-electron chi connectivity index (χ3n) is 4.38. The number of hydrogen-bond acceptors (Lipinski definition) is 3. The minimum absolute atomic E-state index is 0.0983. The van der Waals surface area contributed by atoms with Crippen molar-refractivity contribution < 1.29 is 4.79 Å². The van der Waals surface area contributed by atoms with Crippen molar-refractivity contribution in [2.45, 2.75) is 47.0 Å². The van der Waals surface area contributed by atoms with Gasteiger partial charge >= 0.3 is 0 Å². The number of aromatic nitrogens is 3. The molecule has 0 aliphatic heterocycles. The van der Waals surface area contributed by atoms with Crippen LogP contribution in [0, 0.1) is 5.41 Å². The summed E-state index contributed by atoms with van der Waals surface area (Å²) in [4.78, 5) is 13.8. The Hall–Kier alpha value is -2.40. The van der Waals surface area contributed by atoms with Gasteiger partial charge in [0.15, 0.2) is 0 Å². The van der Waals surface area contributed by atoms with E-state index in [0.29, 0.717) is 21.7 Å². The summed E-state index contributed by atoms with van der Waals surface area (Å²) in [7, 11) is 0. The molecular formula is C21H25ClN4O. The predicted octanol–water partition coefficient (Wildman–Crippen LogP) is 5.40. The summed E-state index contributed by atoms with van der Waals surface area (Å²) in [6.07, 6.45) is 3.45. The van der Waals surface area contributed by atoms with E-state index < -0.39 is 5.41 Å². The van der Waals surface area contributed by atoms with E-state index in [-0.39, 0.29) is 5.91 Å². The number of fused-ring (bicyclic) bond motifs is 1. The molecule has 0 atom stereocenters. The number of benzene rings is 2. The lowest BCUT2D eigenvalue weighted by Crippen LogP contribution is -2.27. The van der Waals surface area contributed by atoms with Crippen LogP contribution in [0.2, 0.25) is 5.02 Å². The van der Waals surface area contributed by atoms with Crippen LogP contribution < -0.4 is 5.32 Å². The number of unbranched alkanes of at least 4 members (excludes halogenated alkanes) is 1. The zero-order valence-corrected chi connectivity index (χ0v) is 17.0. The molecule has 0 aliphatic carbocycles. The molecule has 27 heavy (non-hydrogen) atoms. The van der Waals surface area contributed by atoms with Gasteiger partial charge in [0.2, 0.25) is 5.91 Å². The Bertz CT molecular complexity index is 955. The van der Waals surface area contributed by atoms with E-state index in [0.717, 1.165) is 12.1 Å². The van der Waals surface area contributed by atoms with Gasteiger partial charge in [0.25, 0.3) is 0 Å². The Balaban J connectivity index is 1.88. The van der Waals surface area contributed by atoms with Gasteiger partial charge in [0.05, 0.1) is 16.4 Å². The highest BCUT2D eigenvalue weighted by atomic mass is 35.5. The average Bonchev–Trinajstić information content (AvgIpc) is 3.02. The van der Waals surface area contributed by atoms with Crippen LogP contribution in [0.4, 0.5) is 5.69 Å². The zero-order chi connectivity index (χ0) is 19.6. The highest BCUT2D eigenvalue weighted by molar-refractivity contribution is 6.34. The quantitative estimate of drug-likeness (QED) is 0.640. The van der Waals surface area contributed by atoms with E-state index in [4.69, 9.17) is 11.6 Å². The highest BCUT2D eigenvalue weighted by Crippen LogP contribution is 2.28. The van der Waals surface area contributed by atoms with Crippen LogP contribution in [0.3, 0.4) is 0 Å². The molecule has 0 saturated heterocycles. The van der Waals surface area contributed by atoms with Gasteiger partial charge in [-0.25, -0.2) is 0 Å². The van der Waals surface area contributed by atoms with Crippen molar-refractivity contribution in [2.24, 2.45) is 5.41 Å². The third-order valence-corrected chi connectivity index (χ3v) is 4.70. The smallest absolute Gasteiger partial charge is 0.229 e. The van der Waals surface area contributed by atoms with Gasteiger partial charge in [-0.05, 0) is 42.7 Å². The number of aryl methyl sites for hydroxylation is 1. The van der Waals surface area contributed by atoms with E-state index in [2.05, 4.69) is 34.6 Å². The summed E-state index contributed by atoms with van der Waals surface area (Å²) in [5.41, 5.74) is 3.61. The molecule has 1 amide bonds. The minimum atomic E-state index is -0.505. The fraction of sp³-hybridized carbons (Fsp3) is 0.381. The van der Waals surface area contributed by atoms with E-state index in [1.807, 2.05) is 32.9 Å². The Morgan fingerprint density at radius 1 is 1.11 bits per heavy atom. The molecule has 0 fully saturated rings. The maximum Gasteiger partial charge on any atom is 0.229 e. The molecule has 5 nitrogen and oxygen atoms in total. The Morgan fingerprint density at radius 3 is 2.33 bits per heavy atom. The molecule has 0 radical (unpaired) electrons. The molecule has 0 unspecified atom stereocenters. The van der Waals surface area contributed by atoms with E-state index in [1.165, 1.54) is 18.4 Å². The molecule has 0 saturated carbocycles. The second-order valence-electron chi connectivity index (χ2n) is 7.78. The van der Waals surface area contributed by atoms with Crippen LogP contribution in [0.15, 0.2) is 36.4 Å². The van der Waals surface area contributed by atoms with Gasteiger partial charge < -0.3 is 5.32 Å². The van der Waals surface area contributed by atoms with Crippen LogP contribution in [0.5, 0.6) is 0 Å². The lowest BCUT2D eigenvalue weighted by Gasteiger charge is -2.18. The molecule has 0 aliphatic rings. The second-order valence-corrected chi connectivity index (χ2v) is 8.19. The van der Waals surface area contributed by atoms with Crippen molar-refractivity contribution >= 4 is 34.2 Å². The van der Waals surface area contributed by atoms with Crippen molar-refractivity contribution in [3.05, 3.63) is 47.0 Å². The third kappa shape index (κ3) is 4.48. The number of nitrogens with zero attached hydrogens (tertiary/aromatic N) is 3. The van der Waals surface area contributed by atoms with E-state index >= 15 is 0 Å². The summed E-state index contributed by atoms with van der Waals surface area (Å²) in [5, 5.41) is 12.4. The molecule has 3 rings (SSSR count). The summed E-state index contributed by atoms with van der Waals surface area (Å²) < 4.78 is 0. The predicted molar refractivity (Wildman–Crippen MR) is 111 cm³/mol. The fourth-order valence-corrected chi connectivity index (χ4v) is 2.84. The molecular weight excluding hydrogens is 360 g/mol. The molecule has 3 aromatic rings. The number of rotatable bonds is 5. The van der Waals surface area contributed by atoms with E-state index in [9.17, 15) is 4.79 Å². The largest absolute Gasteiger partial charge is 0.324 e. The summed E-state index contributed by atoms with van der Waals surface area (Å²) in [6, 6.07) is 11.8. The summed E-state index contributed by atoms with van der Waals surface area (Å²) in [6.45, 7) is 7.76. The van der Waals surface area contributed by atoms with E-state index in [1.54, 1.807) is 16.9 Å². The van der Waals surface area contributed by atoms with Gasteiger partial charge in [-0.15, -0.1) is 10.2 Å². The normalized spacial score (nSPS) is 11.7. The van der Waals surface area contributed by atoms with Crippen LogP contribution >= 0.6 is 11.6 Å². The number of hydrogen-bond donors (Lipinski definition) is 1. The SMILES string of the molecule is CCCCc1ccc(-n2nc3cc(Cl)c(NC(=O)C(C)(C)C)cc3n2)cc1. The number of carbonyl (C=O) groups excluding carboxylic acids is 1. The Kier molecular flexibility index (Phi) is 5.51. The van der Waals surface area contributed by atoms with Gasteiger partial charge in [-0.3, -0.25) is 4.79 Å². The fourth-order valence-electron chi connectivity index (χ4n) is 2.64. The first kappa shape index (κ1) is 19.4. The molecule has 2 aromatic carbocycles. The van der Waals surface area contributed by atoms with Crippen LogP contribution in [-0.2, 0) is 11.2 Å². The van der Waals surface area contributed by atoms with Crippen molar-refractivity contribution in [1.29, 1.82) is 0 Å². The standard InChI is InChI=1S/C21H25ClN4O/c1-5-6-7-14-8-10-15(11-9-14)26-24-18-12-16(22)17(13-19(18)25-26)23-20(27)21(2,3)4/h8-13H,5-7H2,1-4H3,(H,23,27). The van der Waals surface area contributed by atoms with Crippen LogP contribution in [0.25, 0.3) is 16.7 Å². The first-order chi connectivity index (χ1) is 12.8. The molecule has 0 bridgehead atoms. The van der Waals surface area contributed by atoms with Gasteiger partial charge in [-0.2, -0.15) is 4.80 Å². The Morgan fingerprint density at radius 2 is 1.74 bits per heavy atom. The Labute approximate surface area is 164 Å². The molecule has 6 heteroatoms. The first-order valence-electron chi connectivity index (χ1n) is 9.25. The molecule has 1 heterocycles. The van der Waals surface area contributed by atoms with Gasteiger partial charge in [0.1, 0.15) is 11.0 Å². The monoisotopic (exact) mass is 384 g/mol. The van der Waals surface area contributed by atoms with Crippen LogP contribution in [0.1, 0.15) is 46.1 Å². The summed E-state index contributed by atoms with van der Waals surface area (Å²) >= 11 is 6.33. The minimum Gasteiger partial charge on any atom is -0.324 e. The molecule has 0 spiro atoms. The van der Waals surface area contributed by atoms with Crippen molar-refractivity contribution in [3.8, 4) is 5.69 Å². The van der Waals surface area contributed by atoms with Crippen molar-refractivity contribution in [2.75, 3.05) is 5.32 Å². The van der Waals surface area contributed by atoms with Gasteiger partial charge in [0, 0.05) is 5.41 Å². The topological polar surface area (TPSA) is 59.8 Å². The van der Waals surface area contributed by atoms with Crippen molar-refractivity contribution in [3.63, 3.8) is 0 Å². The highest BCUT2D eigenvalue weighted by Gasteiger charge is 2.22. The van der Waals surface area contributed by atoms with Crippen molar-refractivity contribution in [1.82, 2.24) is 15.0 Å². The summed E-state index contributed by atoms with van der Waals surface area (Å²) in [5.74, 6) is -0.0983. The lowest BCUT2D eigenvalue weighted by atomic mass is 9.95. The molecule has 1 N–H and O–H groups in total.